The number of amides is 1. The number of hydrogen-bond acceptors (Lipinski definition) is 4. The van der Waals surface area contributed by atoms with Crippen molar-refractivity contribution in [3.8, 4) is 0 Å². The molecule has 23 heavy (non-hydrogen) atoms. The van der Waals surface area contributed by atoms with Crippen molar-refractivity contribution in [2.75, 3.05) is 6.54 Å². The lowest BCUT2D eigenvalue weighted by Crippen LogP contribution is -2.31. The molecule has 2 aromatic rings. The molecule has 7 heteroatoms. The summed E-state index contributed by atoms with van der Waals surface area (Å²) in [6, 6.07) is 9.45. The first kappa shape index (κ1) is 15.4. The Balaban J connectivity index is 1.89. The Labute approximate surface area is 137 Å². The van der Waals surface area contributed by atoms with Crippen LogP contribution in [-0.4, -0.2) is 27.3 Å². The van der Waals surface area contributed by atoms with Crippen LogP contribution in [0.15, 0.2) is 42.6 Å². The predicted octanol–water partition coefficient (Wildman–Crippen LogP) is 3.62. The molecule has 0 N–H and O–H groups in total. The zero-order valence-corrected chi connectivity index (χ0v) is 12.9. The van der Waals surface area contributed by atoms with Crippen molar-refractivity contribution < 1.29 is 9.72 Å². The summed E-state index contributed by atoms with van der Waals surface area (Å²) in [6.07, 6.45) is 3.43. The van der Waals surface area contributed by atoms with E-state index in [9.17, 15) is 14.9 Å². The third-order valence-electron chi connectivity index (χ3n) is 3.94. The molecule has 1 aliphatic rings. The van der Waals surface area contributed by atoms with Gasteiger partial charge in [0.2, 0.25) is 0 Å². The monoisotopic (exact) mass is 331 g/mol. The Morgan fingerprint density at radius 2 is 2.17 bits per heavy atom. The SMILES string of the molecule is O=C(c1ccc([N+](=O)[O-])cc1Cl)N1CCCC1c1ccccn1. The molecule has 0 radical (unpaired) electrons. The van der Waals surface area contributed by atoms with E-state index < -0.39 is 4.92 Å². The quantitative estimate of drug-likeness (QED) is 0.635. The fourth-order valence-electron chi connectivity index (χ4n) is 2.84. The van der Waals surface area contributed by atoms with Crippen molar-refractivity contribution in [3.63, 3.8) is 0 Å². The Kier molecular flexibility index (Phi) is 4.25. The Bertz CT molecular complexity index is 751. The van der Waals surface area contributed by atoms with E-state index >= 15 is 0 Å². The number of halogens is 1. The summed E-state index contributed by atoms with van der Waals surface area (Å²) in [7, 11) is 0. The first-order chi connectivity index (χ1) is 11.1. The molecule has 1 saturated heterocycles. The fraction of sp³-hybridized carbons (Fsp3) is 0.250. The average Bonchev–Trinajstić information content (AvgIpc) is 3.04. The number of pyridine rings is 1. The number of rotatable bonds is 3. The molecule has 0 bridgehead atoms. The number of nitrogens with zero attached hydrogens (tertiary/aromatic N) is 3. The zero-order chi connectivity index (χ0) is 16.4. The number of aromatic nitrogens is 1. The van der Waals surface area contributed by atoms with Gasteiger partial charge in [0.25, 0.3) is 11.6 Å². The van der Waals surface area contributed by atoms with Gasteiger partial charge < -0.3 is 4.90 Å². The second kappa shape index (κ2) is 6.34. The minimum absolute atomic E-state index is 0.0880. The molecule has 6 nitrogen and oxygen atoms in total. The van der Waals surface area contributed by atoms with Crippen LogP contribution in [0.1, 0.15) is 34.9 Å². The normalized spacial score (nSPS) is 17.3. The van der Waals surface area contributed by atoms with Crippen LogP contribution in [0, 0.1) is 10.1 Å². The molecule has 0 spiro atoms. The largest absolute Gasteiger partial charge is 0.330 e. The molecular weight excluding hydrogens is 318 g/mol. The molecule has 0 aliphatic carbocycles. The third kappa shape index (κ3) is 3.03. The van der Waals surface area contributed by atoms with E-state index in [1.807, 2.05) is 18.2 Å². The van der Waals surface area contributed by atoms with Gasteiger partial charge in [-0.2, -0.15) is 0 Å². The van der Waals surface area contributed by atoms with Crippen molar-refractivity contribution in [1.82, 2.24) is 9.88 Å². The van der Waals surface area contributed by atoms with E-state index in [4.69, 9.17) is 11.6 Å². The molecule has 1 aromatic carbocycles. The third-order valence-corrected chi connectivity index (χ3v) is 4.25. The van der Waals surface area contributed by atoms with E-state index in [0.717, 1.165) is 18.5 Å². The van der Waals surface area contributed by atoms with Crippen LogP contribution in [0.2, 0.25) is 5.02 Å². The Morgan fingerprint density at radius 1 is 1.35 bits per heavy atom. The number of carbonyl (C=O) groups excluding carboxylic acids is 1. The summed E-state index contributed by atoms with van der Waals surface area (Å²) < 4.78 is 0. The molecule has 2 heterocycles. The summed E-state index contributed by atoms with van der Waals surface area (Å²) in [5.41, 5.74) is 0.991. The molecule has 0 saturated carbocycles. The number of hydrogen-bond donors (Lipinski definition) is 0. The lowest BCUT2D eigenvalue weighted by Gasteiger charge is -2.24. The maximum Gasteiger partial charge on any atom is 0.270 e. The Hall–Kier alpha value is -2.47. The van der Waals surface area contributed by atoms with Crippen molar-refractivity contribution in [1.29, 1.82) is 0 Å². The van der Waals surface area contributed by atoms with E-state index in [2.05, 4.69) is 4.98 Å². The van der Waals surface area contributed by atoms with Gasteiger partial charge >= 0.3 is 0 Å². The molecule has 1 aliphatic heterocycles. The number of carbonyl (C=O) groups is 1. The van der Waals surface area contributed by atoms with Crippen molar-refractivity contribution >= 4 is 23.2 Å². The number of likely N-dealkylation sites (tertiary alicyclic amines) is 1. The molecule has 1 unspecified atom stereocenters. The number of benzene rings is 1. The first-order valence-corrected chi connectivity index (χ1v) is 7.61. The van der Waals surface area contributed by atoms with Gasteiger partial charge in [0, 0.05) is 24.9 Å². The second-order valence-electron chi connectivity index (χ2n) is 5.33. The minimum Gasteiger partial charge on any atom is -0.330 e. The molecule has 1 atom stereocenters. The minimum atomic E-state index is -0.535. The smallest absolute Gasteiger partial charge is 0.270 e. The maximum absolute atomic E-state index is 12.8. The molecular formula is C16H14ClN3O3. The van der Waals surface area contributed by atoms with Crippen molar-refractivity contribution in [2.45, 2.75) is 18.9 Å². The van der Waals surface area contributed by atoms with E-state index in [0.29, 0.717) is 6.54 Å². The predicted molar refractivity (Wildman–Crippen MR) is 85.4 cm³/mol. The van der Waals surface area contributed by atoms with E-state index in [1.165, 1.54) is 18.2 Å². The highest BCUT2D eigenvalue weighted by Crippen LogP contribution is 2.33. The van der Waals surface area contributed by atoms with Crippen molar-refractivity contribution in [2.24, 2.45) is 0 Å². The van der Waals surface area contributed by atoms with Gasteiger partial charge in [-0.05, 0) is 31.0 Å². The van der Waals surface area contributed by atoms with Gasteiger partial charge in [-0.3, -0.25) is 19.9 Å². The van der Waals surface area contributed by atoms with E-state index in [-0.39, 0.29) is 28.2 Å². The molecule has 118 valence electrons. The average molecular weight is 332 g/mol. The second-order valence-corrected chi connectivity index (χ2v) is 5.74. The topological polar surface area (TPSA) is 76.3 Å². The highest BCUT2D eigenvalue weighted by atomic mass is 35.5. The highest BCUT2D eigenvalue weighted by molar-refractivity contribution is 6.34. The van der Waals surface area contributed by atoms with Crippen LogP contribution in [0.3, 0.4) is 0 Å². The van der Waals surface area contributed by atoms with Crippen LogP contribution in [-0.2, 0) is 0 Å². The van der Waals surface area contributed by atoms with Gasteiger partial charge in [0.05, 0.1) is 27.2 Å². The highest BCUT2D eigenvalue weighted by Gasteiger charge is 2.32. The van der Waals surface area contributed by atoms with Crippen molar-refractivity contribution in [3.05, 3.63) is 69.0 Å². The van der Waals surface area contributed by atoms with Gasteiger partial charge in [-0.1, -0.05) is 17.7 Å². The lowest BCUT2D eigenvalue weighted by atomic mass is 10.1. The summed E-state index contributed by atoms with van der Waals surface area (Å²) >= 11 is 6.07. The Morgan fingerprint density at radius 3 is 2.83 bits per heavy atom. The molecule has 3 rings (SSSR count). The first-order valence-electron chi connectivity index (χ1n) is 7.24. The summed E-state index contributed by atoms with van der Waals surface area (Å²) in [6.45, 7) is 0.618. The molecule has 1 amide bonds. The van der Waals surface area contributed by atoms with Gasteiger partial charge in [-0.15, -0.1) is 0 Å². The summed E-state index contributed by atoms with van der Waals surface area (Å²) in [5, 5.41) is 10.9. The van der Waals surface area contributed by atoms with Crippen LogP contribution in [0.4, 0.5) is 5.69 Å². The number of nitro groups is 1. The summed E-state index contributed by atoms with van der Waals surface area (Å²) in [5.74, 6) is -0.224. The maximum atomic E-state index is 12.8. The van der Waals surface area contributed by atoms with Crippen LogP contribution < -0.4 is 0 Å². The molecule has 1 fully saturated rings. The van der Waals surface area contributed by atoms with Crippen LogP contribution in [0.5, 0.6) is 0 Å². The van der Waals surface area contributed by atoms with Gasteiger partial charge in [0.15, 0.2) is 0 Å². The number of non-ortho nitro benzene ring substituents is 1. The standard InChI is InChI=1S/C16H14ClN3O3/c17-13-10-11(20(22)23)6-7-12(13)16(21)19-9-3-5-15(19)14-4-1-2-8-18-14/h1-2,4,6-8,10,15H,3,5,9H2. The zero-order valence-electron chi connectivity index (χ0n) is 12.2. The number of nitro benzene ring substituents is 1. The van der Waals surface area contributed by atoms with Gasteiger partial charge in [0.1, 0.15) is 0 Å². The molecule has 1 aromatic heterocycles. The summed E-state index contributed by atoms with van der Waals surface area (Å²) in [4.78, 5) is 29.1. The van der Waals surface area contributed by atoms with Crippen LogP contribution in [0.25, 0.3) is 0 Å². The fourth-order valence-corrected chi connectivity index (χ4v) is 3.09. The van der Waals surface area contributed by atoms with Gasteiger partial charge in [-0.25, -0.2) is 0 Å². The van der Waals surface area contributed by atoms with E-state index in [1.54, 1.807) is 11.1 Å². The lowest BCUT2D eigenvalue weighted by molar-refractivity contribution is -0.384. The van der Waals surface area contributed by atoms with Crippen LogP contribution >= 0.6 is 11.6 Å².